The SMILES string of the molecule is CC1(C)[C@@H](O[C@@H]2O[C@H](C(=O)[O-])[C@@H](O)[C@H](O)[C@H]2O[C@@H]2O[C@H](C(=O)O)[C@@H](O)[C@H](O)[C@H]2O)CC[C@]2(C)[C@H]3C(=O)C=C4[C@@H]5C[C@@](C)(C(=O)O)CC[C@]5(C)CC[C@@]4(C)[C@]3(C)CC[C@@H]12. The van der Waals surface area contributed by atoms with Gasteiger partial charge < -0.3 is 64.6 Å². The Labute approximate surface area is 337 Å². The third-order valence-electron chi connectivity index (χ3n) is 17.2. The molecule has 4 saturated carbocycles. The van der Waals surface area contributed by atoms with Crippen molar-refractivity contribution in [1.82, 2.24) is 0 Å². The van der Waals surface area contributed by atoms with Crippen molar-refractivity contribution in [3.8, 4) is 0 Å². The standard InChI is InChI=1S/C42H62O16/c1-37(2)21-8-11-42(7)31(20(43)16-18-19-17-39(4,36(53)54)13-12-38(19,3)14-15-41(18,42)6)40(21,5)10-9-22(37)55-35-30(26(47)25(46)29(57-35)33(51)52)58-34-27(48)23(44)24(45)28(56-34)32(49)50/h16,19,21-31,34-35,44-48H,8-15,17H2,1-7H3,(H,49,50)(H,51,52)(H,53,54)/p-1/t19-,21-,22-,23-,24-,25-,26-,27+,28-,29-,30+,31+,34-,35+,38+,39-,40-,41+,42+/m0/s1. The largest absolute Gasteiger partial charge is 0.547 e. The number of rotatable bonds is 7. The lowest BCUT2D eigenvalue weighted by molar-refractivity contribution is -0.385. The Morgan fingerprint density at radius 3 is 1.98 bits per heavy atom. The fourth-order valence-electron chi connectivity index (χ4n) is 13.4. The molecule has 326 valence electrons. The predicted molar refractivity (Wildman–Crippen MR) is 197 cm³/mol. The van der Waals surface area contributed by atoms with Gasteiger partial charge in [0.05, 0.1) is 17.5 Å². The minimum absolute atomic E-state index is 0.0262. The second-order valence-electron chi connectivity index (χ2n) is 20.6. The zero-order valence-electron chi connectivity index (χ0n) is 34.3. The van der Waals surface area contributed by atoms with Crippen LogP contribution in [0, 0.1) is 50.2 Å². The van der Waals surface area contributed by atoms with Gasteiger partial charge in [-0.25, -0.2) is 4.79 Å². The van der Waals surface area contributed by atoms with Crippen LogP contribution in [0.25, 0.3) is 0 Å². The lowest BCUT2D eigenvalue weighted by Gasteiger charge is -2.70. The molecule has 7 N–H and O–H groups in total. The summed E-state index contributed by atoms with van der Waals surface area (Å²) in [4.78, 5) is 51.2. The molecular formula is C42H61O16-. The maximum Gasteiger partial charge on any atom is 0.335 e. The number of hydrogen-bond acceptors (Lipinski definition) is 14. The van der Waals surface area contributed by atoms with Crippen LogP contribution in [0.1, 0.15) is 106 Å². The van der Waals surface area contributed by atoms with Gasteiger partial charge in [-0.15, -0.1) is 0 Å². The van der Waals surface area contributed by atoms with Crippen molar-refractivity contribution in [2.75, 3.05) is 0 Å². The number of ketones is 1. The van der Waals surface area contributed by atoms with E-state index in [1.165, 1.54) is 0 Å². The summed E-state index contributed by atoms with van der Waals surface area (Å²) in [7, 11) is 0. The third kappa shape index (κ3) is 6.25. The smallest absolute Gasteiger partial charge is 0.335 e. The Bertz CT molecular complexity index is 1730. The van der Waals surface area contributed by atoms with Crippen molar-refractivity contribution in [2.24, 2.45) is 50.2 Å². The molecule has 0 spiro atoms. The van der Waals surface area contributed by atoms with Crippen molar-refractivity contribution in [1.29, 1.82) is 0 Å². The average Bonchev–Trinajstić information content (AvgIpc) is 3.13. The summed E-state index contributed by atoms with van der Waals surface area (Å²) in [6.45, 7) is 14.8. The van der Waals surface area contributed by atoms with E-state index in [1.807, 2.05) is 26.8 Å². The second-order valence-corrected chi connectivity index (χ2v) is 20.6. The van der Waals surface area contributed by atoms with Gasteiger partial charge in [-0.1, -0.05) is 47.1 Å². The number of hydrogen-bond donors (Lipinski definition) is 7. The van der Waals surface area contributed by atoms with E-state index >= 15 is 0 Å². The van der Waals surface area contributed by atoms with Crippen molar-refractivity contribution in [2.45, 2.75) is 174 Å². The highest BCUT2D eigenvalue weighted by molar-refractivity contribution is 5.95. The molecule has 58 heavy (non-hydrogen) atoms. The van der Waals surface area contributed by atoms with Gasteiger partial charge in [-0.2, -0.15) is 0 Å². The van der Waals surface area contributed by atoms with Crippen LogP contribution in [0.15, 0.2) is 11.6 Å². The predicted octanol–water partition coefficient (Wildman–Crippen LogP) is 0.911. The molecule has 16 heteroatoms. The van der Waals surface area contributed by atoms with Crippen molar-refractivity contribution < 1.29 is 79.0 Å². The highest BCUT2D eigenvalue weighted by Gasteiger charge is 2.71. The third-order valence-corrected chi connectivity index (χ3v) is 17.2. The fourth-order valence-corrected chi connectivity index (χ4v) is 13.4. The monoisotopic (exact) mass is 821 g/mol. The Kier molecular flexibility index (Phi) is 10.7. The summed E-state index contributed by atoms with van der Waals surface area (Å²) in [5, 5.41) is 85.1. The molecule has 0 aromatic rings. The van der Waals surface area contributed by atoms with Gasteiger partial charge >= 0.3 is 11.9 Å². The number of carboxylic acids is 3. The van der Waals surface area contributed by atoms with Crippen LogP contribution >= 0.6 is 0 Å². The summed E-state index contributed by atoms with van der Waals surface area (Å²) in [6.07, 6.45) is -12.7. The molecule has 0 aromatic heterocycles. The molecule has 0 amide bonds. The molecule has 5 aliphatic carbocycles. The minimum atomic E-state index is -2.11. The molecule has 2 heterocycles. The van der Waals surface area contributed by atoms with Crippen LogP contribution in [0.4, 0.5) is 0 Å². The first-order valence-corrected chi connectivity index (χ1v) is 20.7. The van der Waals surface area contributed by atoms with Gasteiger partial charge in [0.2, 0.25) is 0 Å². The molecular weight excluding hydrogens is 760 g/mol. The first-order chi connectivity index (χ1) is 26.8. The Hall–Kier alpha value is -2.54. The molecule has 0 aromatic carbocycles. The Morgan fingerprint density at radius 2 is 1.36 bits per heavy atom. The topological polar surface area (TPSA) is 270 Å². The molecule has 7 aliphatic rings. The van der Waals surface area contributed by atoms with Crippen LogP contribution in [-0.2, 0) is 38.1 Å². The second kappa shape index (κ2) is 14.3. The van der Waals surface area contributed by atoms with Gasteiger partial charge in [0, 0.05) is 5.92 Å². The summed E-state index contributed by atoms with van der Waals surface area (Å²) in [6, 6.07) is 0. The molecule has 0 unspecified atom stereocenters. The molecule has 0 radical (unpaired) electrons. The van der Waals surface area contributed by atoms with E-state index in [1.54, 1.807) is 0 Å². The molecule has 19 atom stereocenters. The number of ether oxygens (including phenoxy) is 4. The van der Waals surface area contributed by atoms with Crippen LogP contribution in [0.3, 0.4) is 0 Å². The number of allylic oxidation sites excluding steroid dienone is 2. The van der Waals surface area contributed by atoms with E-state index in [-0.39, 0.29) is 34.4 Å². The summed E-state index contributed by atoms with van der Waals surface area (Å²) in [5.41, 5.74) is -1.86. The maximum absolute atomic E-state index is 14.8. The summed E-state index contributed by atoms with van der Waals surface area (Å²) in [5.74, 6) is -4.76. The van der Waals surface area contributed by atoms with Crippen LogP contribution < -0.4 is 5.11 Å². The van der Waals surface area contributed by atoms with Gasteiger partial charge in [-0.3, -0.25) is 9.59 Å². The quantitative estimate of drug-likeness (QED) is 0.176. The van der Waals surface area contributed by atoms with Crippen molar-refractivity contribution in [3.63, 3.8) is 0 Å². The minimum Gasteiger partial charge on any atom is -0.547 e. The van der Waals surface area contributed by atoms with Gasteiger partial charge in [0.1, 0.15) is 42.7 Å². The van der Waals surface area contributed by atoms with E-state index < -0.39 is 107 Å². The zero-order valence-corrected chi connectivity index (χ0v) is 34.3. The number of aliphatic hydroxyl groups excluding tert-OH is 5. The number of carbonyl (C=O) groups is 4. The van der Waals surface area contributed by atoms with Gasteiger partial charge in [0.25, 0.3) is 0 Å². The Balaban J connectivity index is 1.17. The highest BCUT2D eigenvalue weighted by Crippen LogP contribution is 2.75. The van der Waals surface area contributed by atoms with Gasteiger partial charge in [0.15, 0.2) is 24.5 Å². The number of carbonyl (C=O) groups excluding carboxylic acids is 2. The van der Waals surface area contributed by atoms with E-state index in [0.29, 0.717) is 38.5 Å². The van der Waals surface area contributed by atoms with Crippen LogP contribution in [0.2, 0.25) is 0 Å². The molecule has 16 nitrogen and oxygen atoms in total. The fraction of sp³-hybridized carbons (Fsp3) is 0.857. The lowest BCUT2D eigenvalue weighted by Crippen LogP contribution is -2.68. The number of aliphatic hydroxyl groups is 5. The van der Waals surface area contributed by atoms with Crippen LogP contribution in [-0.4, -0.2) is 127 Å². The van der Waals surface area contributed by atoms with Gasteiger partial charge in [-0.05, 0) is 110 Å². The number of fused-ring (bicyclic) bond motifs is 7. The molecule has 0 bridgehead atoms. The van der Waals surface area contributed by atoms with E-state index in [4.69, 9.17) is 18.9 Å². The van der Waals surface area contributed by atoms with E-state index in [9.17, 15) is 60.0 Å². The zero-order chi connectivity index (χ0) is 42.9. The Morgan fingerprint density at radius 1 is 0.741 bits per heavy atom. The van der Waals surface area contributed by atoms with E-state index in [2.05, 4.69) is 27.7 Å². The first-order valence-electron chi connectivity index (χ1n) is 20.7. The normalized spacial score (nSPS) is 52.6. The molecule has 7 rings (SSSR count). The number of carboxylic acid groups (broad SMARTS) is 3. The van der Waals surface area contributed by atoms with Crippen LogP contribution in [0.5, 0.6) is 0 Å². The maximum atomic E-state index is 14.8. The van der Waals surface area contributed by atoms with Crippen molar-refractivity contribution in [3.05, 3.63) is 11.6 Å². The van der Waals surface area contributed by atoms with Crippen molar-refractivity contribution >= 4 is 23.7 Å². The molecule has 6 fully saturated rings. The highest BCUT2D eigenvalue weighted by atomic mass is 16.8. The average molecular weight is 822 g/mol. The molecule has 2 saturated heterocycles. The lowest BCUT2D eigenvalue weighted by atomic mass is 9.33. The first kappa shape index (κ1) is 43.5. The summed E-state index contributed by atoms with van der Waals surface area (Å²) < 4.78 is 23.3. The van der Waals surface area contributed by atoms with E-state index in [0.717, 1.165) is 24.8 Å². The molecule has 2 aliphatic heterocycles. The number of aliphatic carboxylic acids is 3. The summed E-state index contributed by atoms with van der Waals surface area (Å²) >= 11 is 0.